The number of aliphatic hydroxyl groups excluding tert-OH is 1. The summed E-state index contributed by atoms with van der Waals surface area (Å²) in [6.07, 6.45) is -5.41. The summed E-state index contributed by atoms with van der Waals surface area (Å²) in [5.41, 5.74) is 5.56. The highest BCUT2D eigenvalue weighted by molar-refractivity contribution is 6.32. The average Bonchev–Trinajstić information content (AvgIpc) is 2.64. The first-order chi connectivity index (χ1) is 13.2. The molecule has 0 fully saturated rings. The lowest BCUT2D eigenvalue weighted by Crippen LogP contribution is -2.27. The van der Waals surface area contributed by atoms with Crippen LogP contribution in [0.5, 0.6) is 11.5 Å². The topological polar surface area (TPSA) is 89.1 Å². The Morgan fingerprint density at radius 2 is 1.93 bits per heavy atom. The van der Waals surface area contributed by atoms with E-state index >= 15 is 0 Å². The molecule has 2 rings (SSSR count). The summed E-state index contributed by atoms with van der Waals surface area (Å²) >= 11 is 6.01. The highest BCUT2D eigenvalue weighted by Crippen LogP contribution is 2.30. The first-order valence-corrected chi connectivity index (χ1v) is 8.45. The van der Waals surface area contributed by atoms with E-state index in [4.69, 9.17) is 26.8 Å². The molecule has 4 N–H and O–H groups in total. The van der Waals surface area contributed by atoms with Crippen LogP contribution in [0.15, 0.2) is 47.5 Å². The van der Waals surface area contributed by atoms with Gasteiger partial charge in [0.2, 0.25) is 0 Å². The van der Waals surface area contributed by atoms with Crippen LogP contribution in [-0.2, 0) is 6.18 Å². The van der Waals surface area contributed by atoms with Crippen molar-refractivity contribution in [2.45, 2.75) is 12.3 Å². The number of nitrogens with zero attached hydrogens (tertiary/aromatic N) is 1. The summed E-state index contributed by atoms with van der Waals surface area (Å²) in [6, 6.07) is 9.13. The van der Waals surface area contributed by atoms with Crippen molar-refractivity contribution in [2.75, 3.05) is 25.6 Å². The Labute approximate surface area is 164 Å². The first kappa shape index (κ1) is 21.6. The number of hydrogen-bond acceptors (Lipinski definition) is 4. The van der Waals surface area contributed by atoms with Gasteiger partial charge < -0.3 is 25.6 Å². The molecule has 10 heteroatoms. The molecule has 0 aromatic heterocycles. The SMILES string of the molecule is COc1ccc(NC(N)=NCC(O)COc2ccc(C(F)(F)F)cc2)cc1Cl. The Kier molecular flexibility index (Phi) is 7.36. The number of alkyl halides is 3. The molecule has 1 unspecified atom stereocenters. The third-order valence-electron chi connectivity index (χ3n) is 3.52. The average molecular weight is 418 g/mol. The van der Waals surface area contributed by atoms with Crippen LogP contribution in [0.1, 0.15) is 5.56 Å². The lowest BCUT2D eigenvalue weighted by Gasteiger charge is -2.12. The summed E-state index contributed by atoms with van der Waals surface area (Å²) in [4.78, 5) is 3.98. The lowest BCUT2D eigenvalue weighted by atomic mass is 10.2. The summed E-state index contributed by atoms with van der Waals surface area (Å²) in [7, 11) is 1.50. The molecular weight excluding hydrogens is 399 g/mol. The maximum atomic E-state index is 12.5. The van der Waals surface area contributed by atoms with Crippen LogP contribution < -0.4 is 20.5 Å². The molecule has 0 aliphatic rings. The zero-order chi connectivity index (χ0) is 20.7. The minimum atomic E-state index is -4.41. The number of anilines is 1. The number of ether oxygens (including phenoxy) is 2. The normalized spacial score (nSPS) is 13.1. The Morgan fingerprint density at radius 3 is 2.50 bits per heavy atom. The minimum absolute atomic E-state index is 0.0508. The van der Waals surface area contributed by atoms with Gasteiger partial charge in [-0.05, 0) is 42.5 Å². The second kappa shape index (κ2) is 9.52. The maximum Gasteiger partial charge on any atom is 0.416 e. The van der Waals surface area contributed by atoms with Crippen molar-refractivity contribution >= 4 is 23.2 Å². The third kappa shape index (κ3) is 6.50. The van der Waals surface area contributed by atoms with Gasteiger partial charge in [-0.1, -0.05) is 11.6 Å². The van der Waals surface area contributed by atoms with Gasteiger partial charge in [-0.3, -0.25) is 4.99 Å². The van der Waals surface area contributed by atoms with Crippen LogP contribution in [-0.4, -0.2) is 37.4 Å². The van der Waals surface area contributed by atoms with Crippen molar-refractivity contribution in [1.29, 1.82) is 0 Å². The van der Waals surface area contributed by atoms with E-state index in [9.17, 15) is 18.3 Å². The van der Waals surface area contributed by atoms with Crippen LogP contribution in [0.25, 0.3) is 0 Å². The standard InChI is InChI=1S/C18H19ClF3N3O3/c1-27-16-7-4-12(8-15(16)19)25-17(23)24-9-13(26)10-28-14-5-2-11(3-6-14)18(20,21)22/h2-8,13,26H,9-10H2,1H3,(H3,23,24,25). The molecule has 0 bridgehead atoms. The van der Waals surface area contributed by atoms with Crippen molar-refractivity contribution in [2.24, 2.45) is 10.7 Å². The molecule has 0 radical (unpaired) electrons. The number of aliphatic hydroxyl groups is 1. The van der Waals surface area contributed by atoms with E-state index in [0.29, 0.717) is 16.5 Å². The first-order valence-electron chi connectivity index (χ1n) is 8.07. The maximum absolute atomic E-state index is 12.5. The lowest BCUT2D eigenvalue weighted by molar-refractivity contribution is -0.137. The number of halogens is 4. The summed E-state index contributed by atoms with van der Waals surface area (Å²) in [5.74, 6) is 0.767. The molecule has 0 saturated heterocycles. The van der Waals surface area contributed by atoms with Crippen molar-refractivity contribution in [3.05, 3.63) is 53.1 Å². The van der Waals surface area contributed by atoms with Gasteiger partial charge in [-0.25, -0.2) is 0 Å². The highest BCUT2D eigenvalue weighted by Gasteiger charge is 2.30. The fourth-order valence-corrected chi connectivity index (χ4v) is 2.38. The molecule has 0 aliphatic heterocycles. The number of guanidine groups is 1. The van der Waals surface area contributed by atoms with E-state index < -0.39 is 17.8 Å². The Balaban J connectivity index is 1.82. The van der Waals surface area contributed by atoms with Crippen LogP contribution in [0.4, 0.5) is 18.9 Å². The van der Waals surface area contributed by atoms with Crippen molar-refractivity contribution in [3.63, 3.8) is 0 Å². The molecule has 0 aliphatic carbocycles. The van der Waals surface area contributed by atoms with Crippen LogP contribution >= 0.6 is 11.6 Å². The minimum Gasteiger partial charge on any atom is -0.495 e. The van der Waals surface area contributed by atoms with Crippen molar-refractivity contribution in [1.82, 2.24) is 0 Å². The number of hydrogen-bond donors (Lipinski definition) is 3. The Morgan fingerprint density at radius 1 is 1.25 bits per heavy atom. The molecule has 28 heavy (non-hydrogen) atoms. The Bertz CT molecular complexity index is 814. The molecule has 2 aromatic rings. The van der Waals surface area contributed by atoms with Gasteiger partial charge >= 0.3 is 6.18 Å². The van der Waals surface area contributed by atoms with E-state index in [2.05, 4.69) is 10.3 Å². The second-order valence-corrected chi connectivity index (χ2v) is 6.09. The molecular formula is C18H19ClF3N3O3. The van der Waals surface area contributed by atoms with Gasteiger partial charge in [0.1, 0.15) is 24.2 Å². The van der Waals surface area contributed by atoms with Crippen molar-refractivity contribution in [3.8, 4) is 11.5 Å². The van der Waals surface area contributed by atoms with Gasteiger partial charge in [-0.2, -0.15) is 13.2 Å². The third-order valence-corrected chi connectivity index (χ3v) is 3.82. The smallest absolute Gasteiger partial charge is 0.416 e. The monoisotopic (exact) mass is 417 g/mol. The fraction of sp³-hybridized carbons (Fsp3) is 0.278. The number of aliphatic imine (C=N–C) groups is 1. The highest BCUT2D eigenvalue weighted by atomic mass is 35.5. The van der Waals surface area contributed by atoms with Crippen LogP contribution in [0.3, 0.4) is 0 Å². The molecule has 1 atom stereocenters. The summed E-state index contributed by atoms with van der Waals surface area (Å²) in [5, 5.41) is 13.1. The molecule has 6 nitrogen and oxygen atoms in total. The second-order valence-electron chi connectivity index (χ2n) is 5.69. The molecule has 0 saturated carbocycles. The summed E-state index contributed by atoms with van der Waals surface area (Å²) in [6.45, 7) is -0.222. The van der Waals surface area contributed by atoms with Gasteiger partial charge in [0.15, 0.2) is 5.96 Å². The molecule has 152 valence electrons. The number of nitrogens with two attached hydrogens (primary N) is 1. The number of benzene rings is 2. The van der Waals surface area contributed by atoms with Gasteiger partial charge in [0, 0.05) is 5.69 Å². The molecule has 0 amide bonds. The van der Waals surface area contributed by atoms with E-state index in [1.165, 1.54) is 19.2 Å². The van der Waals surface area contributed by atoms with E-state index in [1.807, 2.05) is 0 Å². The zero-order valence-electron chi connectivity index (χ0n) is 14.8. The molecule has 0 heterocycles. The van der Waals surface area contributed by atoms with Gasteiger partial charge in [0.25, 0.3) is 0 Å². The van der Waals surface area contributed by atoms with Gasteiger partial charge in [0.05, 0.1) is 24.2 Å². The Hall–Kier alpha value is -2.65. The van der Waals surface area contributed by atoms with Crippen LogP contribution in [0.2, 0.25) is 5.02 Å². The van der Waals surface area contributed by atoms with Crippen LogP contribution in [0, 0.1) is 0 Å². The predicted octanol–water partition coefficient (Wildman–Crippen LogP) is 3.53. The number of rotatable bonds is 7. The number of methoxy groups -OCH3 is 1. The molecule has 0 spiro atoms. The van der Waals surface area contributed by atoms with Crippen molar-refractivity contribution < 1.29 is 27.8 Å². The van der Waals surface area contributed by atoms with Gasteiger partial charge in [-0.15, -0.1) is 0 Å². The fourth-order valence-electron chi connectivity index (χ4n) is 2.12. The quantitative estimate of drug-likeness (QED) is 0.473. The van der Waals surface area contributed by atoms with E-state index in [1.54, 1.807) is 18.2 Å². The van der Waals surface area contributed by atoms with E-state index in [-0.39, 0.29) is 24.9 Å². The number of nitrogens with one attached hydrogen (secondary N) is 1. The van der Waals surface area contributed by atoms with E-state index in [0.717, 1.165) is 12.1 Å². The largest absolute Gasteiger partial charge is 0.495 e. The predicted molar refractivity (Wildman–Crippen MR) is 101 cm³/mol. The molecule has 2 aromatic carbocycles. The summed E-state index contributed by atoms with van der Waals surface area (Å²) < 4.78 is 47.8. The zero-order valence-corrected chi connectivity index (χ0v) is 15.6.